The molecule has 2 unspecified atom stereocenters. The second-order valence-corrected chi connectivity index (χ2v) is 17.9. The summed E-state index contributed by atoms with van der Waals surface area (Å²) in [4.78, 5) is 0. The molecule has 0 N–H and O–H groups in total. The molecule has 2 aliphatic rings. The molecule has 0 amide bonds. The van der Waals surface area contributed by atoms with E-state index in [1.165, 1.54) is 44.5 Å². The first-order valence-electron chi connectivity index (χ1n) is 15.7. The highest BCUT2D eigenvalue weighted by atomic mass is 28.3. The van der Waals surface area contributed by atoms with E-state index in [0.717, 1.165) is 0 Å². The van der Waals surface area contributed by atoms with E-state index in [1.54, 1.807) is 22.3 Å². The number of benzene rings is 4. The van der Waals surface area contributed by atoms with Crippen LogP contribution in [0.3, 0.4) is 0 Å². The Labute approximate surface area is 255 Å². The van der Waals surface area contributed by atoms with Gasteiger partial charge in [-0.1, -0.05) is 156 Å². The normalized spacial score (nSPS) is 18.8. The molecule has 0 spiro atoms. The van der Waals surface area contributed by atoms with Crippen molar-refractivity contribution in [2.75, 3.05) is 0 Å². The van der Waals surface area contributed by atoms with Gasteiger partial charge < -0.3 is 0 Å². The summed E-state index contributed by atoms with van der Waals surface area (Å²) in [6.45, 7) is 21.4. The number of hydrogen-bond acceptors (Lipinski definition) is 0. The average Bonchev–Trinajstić information content (AvgIpc) is 3.47. The summed E-state index contributed by atoms with van der Waals surface area (Å²) in [5.74, 6) is 0. The van der Waals surface area contributed by atoms with Crippen molar-refractivity contribution in [1.82, 2.24) is 0 Å². The van der Waals surface area contributed by atoms with Crippen LogP contribution in [0.2, 0.25) is 6.55 Å². The first kappa shape index (κ1) is 28.7. The van der Waals surface area contributed by atoms with Crippen molar-refractivity contribution in [3.63, 3.8) is 0 Å². The molecule has 1 heteroatoms. The van der Waals surface area contributed by atoms with Gasteiger partial charge in [0.2, 0.25) is 0 Å². The Morgan fingerprint density at radius 2 is 0.833 bits per heavy atom. The maximum atomic E-state index is 2.62. The monoisotopic (exact) mass is 566 g/mol. The molecule has 4 aromatic rings. The summed E-state index contributed by atoms with van der Waals surface area (Å²) in [6.07, 6.45) is 5.03. The van der Waals surface area contributed by atoms with Crippen LogP contribution in [-0.2, 0) is 10.8 Å². The maximum Gasteiger partial charge on any atom is 0.0599 e. The summed E-state index contributed by atoms with van der Waals surface area (Å²) < 4.78 is 0. The Hall–Kier alpha value is -3.42. The van der Waals surface area contributed by atoms with Gasteiger partial charge in [-0.25, -0.2) is 0 Å². The van der Waals surface area contributed by atoms with Crippen LogP contribution in [0.25, 0.3) is 34.4 Å². The minimum atomic E-state index is -1.35. The molecule has 42 heavy (non-hydrogen) atoms. The molecule has 0 radical (unpaired) electrons. The van der Waals surface area contributed by atoms with Gasteiger partial charge in [0.1, 0.15) is 0 Å². The van der Waals surface area contributed by atoms with Gasteiger partial charge in [-0.05, 0) is 91.4 Å². The fourth-order valence-corrected chi connectivity index (χ4v) is 11.9. The fraction of sp³-hybridized carbons (Fsp3) is 0.317. The van der Waals surface area contributed by atoms with E-state index >= 15 is 0 Å². The topological polar surface area (TPSA) is 0 Å². The molecule has 0 saturated heterocycles. The average molecular weight is 567 g/mol. The van der Waals surface area contributed by atoms with Crippen LogP contribution in [0.1, 0.15) is 99.9 Å². The Balaban J connectivity index is 1.43. The lowest BCUT2D eigenvalue weighted by atomic mass is 9.81. The molecule has 6 rings (SSSR count). The maximum absolute atomic E-state index is 2.62. The van der Waals surface area contributed by atoms with Gasteiger partial charge in [-0.15, -0.1) is 0 Å². The quantitative estimate of drug-likeness (QED) is 0.216. The highest BCUT2D eigenvalue weighted by Gasteiger charge is 2.39. The largest absolute Gasteiger partial charge is 0.0705 e. The second kappa shape index (κ2) is 10.4. The predicted octanol–water partition coefficient (Wildman–Crippen LogP) is 11.3. The van der Waals surface area contributed by atoms with E-state index in [-0.39, 0.29) is 10.8 Å². The van der Waals surface area contributed by atoms with E-state index < -0.39 is 8.80 Å². The highest BCUT2D eigenvalue weighted by molar-refractivity contribution is 6.63. The molecule has 0 bridgehead atoms. The van der Waals surface area contributed by atoms with Crippen molar-refractivity contribution in [2.45, 2.75) is 83.8 Å². The molecule has 2 aliphatic carbocycles. The van der Waals surface area contributed by atoms with Gasteiger partial charge >= 0.3 is 0 Å². The molecular formula is C41H46Si. The molecule has 0 nitrogen and oxygen atoms in total. The summed E-state index contributed by atoms with van der Waals surface area (Å²) in [6, 6.07) is 32.2. The lowest BCUT2D eigenvalue weighted by molar-refractivity contribution is 0.591. The fourth-order valence-electron chi connectivity index (χ4n) is 7.96. The Kier molecular flexibility index (Phi) is 7.09. The zero-order chi connectivity index (χ0) is 30.0. The molecule has 0 saturated carbocycles. The van der Waals surface area contributed by atoms with Crippen molar-refractivity contribution in [3.8, 4) is 22.3 Å². The van der Waals surface area contributed by atoms with Crippen LogP contribution in [0.5, 0.6) is 0 Å². The van der Waals surface area contributed by atoms with Crippen molar-refractivity contribution in [3.05, 3.63) is 129 Å². The van der Waals surface area contributed by atoms with Crippen LogP contribution in [0, 0.1) is 0 Å². The predicted molar refractivity (Wildman–Crippen MR) is 187 cm³/mol. The number of allylic oxidation sites excluding steroid dienone is 2. The van der Waals surface area contributed by atoms with E-state index in [1.807, 2.05) is 0 Å². The van der Waals surface area contributed by atoms with Gasteiger partial charge in [0.15, 0.2) is 0 Å². The second-order valence-electron chi connectivity index (χ2n) is 14.8. The smallest absolute Gasteiger partial charge is 0.0599 e. The highest BCUT2D eigenvalue weighted by Crippen LogP contribution is 2.50. The van der Waals surface area contributed by atoms with Gasteiger partial charge in [-0.2, -0.15) is 0 Å². The summed E-state index contributed by atoms with van der Waals surface area (Å²) in [5, 5.41) is 0. The van der Waals surface area contributed by atoms with E-state index in [2.05, 4.69) is 159 Å². The molecule has 0 fully saturated rings. The van der Waals surface area contributed by atoms with Crippen LogP contribution < -0.4 is 0 Å². The van der Waals surface area contributed by atoms with Crippen LogP contribution in [-0.4, -0.2) is 8.80 Å². The summed E-state index contributed by atoms with van der Waals surface area (Å²) in [5.41, 5.74) is 18.7. The number of fused-ring (bicyclic) bond motifs is 2. The molecular weight excluding hydrogens is 521 g/mol. The third kappa shape index (κ3) is 4.76. The molecule has 4 aromatic carbocycles. The molecule has 0 aliphatic heterocycles. The zero-order valence-corrected chi connectivity index (χ0v) is 28.1. The van der Waals surface area contributed by atoms with E-state index in [4.69, 9.17) is 0 Å². The zero-order valence-electron chi connectivity index (χ0n) is 27.0. The van der Waals surface area contributed by atoms with Gasteiger partial charge in [0.05, 0.1) is 8.80 Å². The lowest BCUT2D eigenvalue weighted by Crippen LogP contribution is -2.28. The lowest BCUT2D eigenvalue weighted by Gasteiger charge is -2.30. The molecule has 0 aromatic heterocycles. The Bertz CT molecular complexity index is 1600. The summed E-state index contributed by atoms with van der Waals surface area (Å²) >= 11 is 0. The van der Waals surface area contributed by atoms with Crippen molar-refractivity contribution >= 4 is 20.9 Å². The molecule has 2 atom stereocenters. The first-order valence-corrected chi connectivity index (χ1v) is 18.2. The van der Waals surface area contributed by atoms with E-state index in [9.17, 15) is 0 Å². The first-order chi connectivity index (χ1) is 19.9. The molecule has 214 valence electrons. The van der Waals surface area contributed by atoms with Crippen molar-refractivity contribution in [1.29, 1.82) is 0 Å². The minimum Gasteiger partial charge on any atom is -0.0705 e. The third-order valence-electron chi connectivity index (χ3n) is 9.78. The Morgan fingerprint density at radius 3 is 1.21 bits per heavy atom. The third-order valence-corrected chi connectivity index (χ3v) is 13.6. The minimum absolute atomic E-state index is 0.0942. The van der Waals surface area contributed by atoms with Gasteiger partial charge in [0.25, 0.3) is 0 Å². The molecule has 0 heterocycles. The van der Waals surface area contributed by atoms with Gasteiger partial charge in [0, 0.05) is 0 Å². The van der Waals surface area contributed by atoms with Crippen LogP contribution in [0.4, 0.5) is 0 Å². The van der Waals surface area contributed by atoms with E-state index in [0.29, 0.717) is 11.1 Å². The number of rotatable bonds is 4. The van der Waals surface area contributed by atoms with Crippen LogP contribution in [0.15, 0.2) is 96.1 Å². The standard InChI is InChI=1S/C41H46Si/c1-26-24-34-28(30-16-10-12-22-36(30)40(3,4)5)18-14-20-32(34)38(26)42(9)39-27(2)25-35-29(19-15-21-33(35)39)31-17-11-13-23-37(31)41(6,7)8/h10-25,38-39,42H,1-9H3. The van der Waals surface area contributed by atoms with Crippen molar-refractivity contribution in [2.24, 2.45) is 0 Å². The Morgan fingerprint density at radius 1 is 0.476 bits per heavy atom. The van der Waals surface area contributed by atoms with Crippen molar-refractivity contribution < 1.29 is 0 Å². The van der Waals surface area contributed by atoms with Gasteiger partial charge in [-0.3, -0.25) is 0 Å². The van der Waals surface area contributed by atoms with Crippen LogP contribution >= 0.6 is 0 Å². The summed E-state index contributed by atoms with van der Waals surface area (Å²) in [7, 11) is -1.35. The number of hydrogen-bond donors (Lipinski definition) is 0. The SMILES string of the molecule is CC1=Cc2c(-c3ccccc3C(C)(C)C)cccc2C1[SiH](C)C1C(C)=Cc2c(-c3ccccc3C(C)(C)C)cccc21.